The normalized spacial score (nSPS) is 10.8. The molecule has 0 amide bonds. The van der Waals surface area contributed by atoms with Gasteiger partial charge in [-0.15, -0.1) is 0 Å². The average Bonchev–Trinajstić information content (AvgIpc) is 2.31. The van der Waals surface area contributed by atoms with Crippen molar-refractivity contribution in [1.29, 1.82) is 0 Å². The number of rotatable bonds is 3. The predicted octanol–water partition coefficient (Wildman–Crippen LogP) is 0.836. The smallest absolute Gasteiger partial charge is 0.314 e. The van der Waals surface area contributed by atoms with Crippen molar-refractivity contribution < 1.29 is 4.52 Å². The summed E-state index contributed by atoms with van der Waals surface area (Å²) < 4.78 is 4.76. The van der Waals surface area contributed by atoms with Crippen LogP contribution in [0.5, 0.6) is 0 Å². The van der Waals surface area contributed by atoms with Crippen molar-refractivity contribution in [1.82, 2.24) is 15.0 Å². The maximum atomic E-state index is 4.76. The second-order valence-electron chi connectivity index (χ2n) is 2.58. The molecule has 1 heterocycles. The first-order chi connectivity index (χ1) is 5.18. The number of hydrogen-bond acceptors (Lipinski definition) is 4. The van der Waals surface area contributed by atoms with Crippen LogP contribution in [0.4, 0.5) is 0 Å². The lowest BCUT2D eigenvalue weighted by molar-refractivity contribution is 0.382. The summed E-state index contributed by atoms with van der Waals surface area (Å²) in [6, 6.07) is 0. The second-order valence-corrected chi connectivity index (χ2v) is 2.93. The lowest BCUT2D eigenvalue weighted by Crippen LogP contribution is -2.15. The monoisotopic (exact) mass is 173 g/mol. The Morgan fingerprint density at radius 3 is 2.82 bits per heavy atom. The number of nitrogens with one attached hydrogen (secondary N) is 1. The molecule has 1 N–H and O–H groups in total. The molecule has 1 aromatic heterocycles. The topological polar surface area (TPSA) is 45.1 Å². The van der Waals surface area contributed by atoms with Gasteiger partial charge in [-0.05, 0) is 26.3 Å². The first-order valence-electron chi connectivity index (χ1n) is 3.37. The molecule has 0 saturated carbocycles. The summed E-state index contributed by atoms with van der Waals surface area (Å²) in [5.41, 5.74) is 0. The van der Waals surface area contributed by atoms with Crippen LogP contribution >= 0.6 is 12.2 Å². The zero-order chi connectivity index (χ0) is 8.27. The predicted molar refractivity (Wildman–Crippen MR) is 43.9 cm³/mol. The van der Waals surface area contributed by atoms with Crippen LogP contribution in [0.15, 0.2) is 4.52 Å². The van der Waals surface area contributed by atoms with Gasteiger partial charge in [-0.1, -0.05) is 0 Å². The molecule has 0 radical (unpaired) electrons. The number of likely N-dealkylation sites (N-methyl/N-ethyl adjacent to an activating group) is 1. The summed E-state index contributed by atoms with van der Waals surface area (Å²) in [6.45, 7) is 0.942. The molecule has 0 aliphatic heterocycles. The second kappa shape index (κ2) is 3.64. The van der Waals surface area contributed by atoms with Gasteiger partial charge in [0, 0.05) is 13.0 Å². The molecule has 0 fully saturated rings. The zero-order valence-electron chi connectivity index (χ0n) is 6.63. The standard InChI is InChI=1S/C6H11N3OS/c1-9(2)4-3-5-7-6(11)10-8-5/h3-4H2,1-2H3,(H,7,8,11). The van der Waals surface area contributed by atoms with E-state index in [1.807, 2.05) is 14.1 Å². The summed E-state index contributed by atoms with van der Waals surface area (Å²) in [6.07, 6.45) is 0.840. The Bertz CT molecular complexity index is 265. The van der Waals surface area contributed by atoms with Crippen LogP contribution in [0.3, 0.4) is 0 Å². The van der Waals surface area contributed by atoms with E-state index in [0.29, 0.717) is 0 Å². The Hall–Kier alpha value is -0.680. The quantitative estimate of drug-likeness (QED) is 0.688. The Morgan fingerprint density at radius 1 is 1.64 bits per heavy atom. The zero-order valence-corrected chi connectivity index (χ0v) is 7.44. The molecular weight excluding hydrogens is 162 g/mol. The minimum atomic E-state index is 0.277. The number of H-pyrrole nitrogens is 1. The van der Waals surface area contributed by atoms with Crippen molar-refractivity contribution in [3.8, 4) is 0 Å². The van der Waals surface area contributed by atoms with Gasteiger partial charge in [-0.25, -0.2) is 5.16 Å². The SMILES string of the molecule is CN(C)CCc1nc(=S)o[nH]1. The third-order valence-electron chi connectivity index (χ3n) is 1.28. The molecular formula is C6H11N3OS. The van der Waals surface area contributed by atoms with Gasteiger partial charge in [-0.3, -0.25) is 0 Å². The lowest BCUT2D eigenvalue weighted by atomic mass is 10.4. The fourth-order valence-electron chi connectivity index (χ4n) is 0.695. The number of aromatic amines is 1. The summed E-state index contributed by atoms with van der Waals surface area (Å²) in [7, 11) is 4.02. The van der Waals surface area contributed by atoms with E-state index in [1.54, 1.807) is 0 Å². The molecule has 1 aromatic rings. The van der Waals surface area contributed by atoms with Crippen LogP contribution in [-0.4, -0.2) is 35.7 Å². The molecule has 62 valence electrons. The van der Waals surface area contributed by atoms with Crippen molar-refractivity contribution >= 4 is 12.2 Å². The summed E-state index contributed by atoms with van der Waals surface area (Å²) >= 11 is 4.69. The van der Waals surface area contributed by atoms with Gasteiger partial charge in [-0.2, -0.15) is 4.98 Å². The minimum Gasteiger partial charge on any atom is -0.348 e. The highest BCUT2D eigenvalue weighted by Crippen LogP contribution is 1.92. The van der Waals surface area contributed by atoms with Crippen LogP contribution in [0.25, 0.3) is 0 Å². The third kappa shape index (κ3) is 2.81. The van der Waals surface area contributed by atoms with Crippen molar-refractivity contribution in [3.63, 3.8) is 0 Å². The first-order valence-corrected chi connectivity index (χ1v) is 3.78. The Labute approximate surface area is 70.2 Å². The number of nitrogens with zero attached hydrogens (tertiary/aromatic N) is 2. The van der Waals surface area contributed by atoms with Gasteiger partial charge in [0.1, 0.15) is 5.82 Å². The van der Waals surface area contributed by atoms with Crippen molar-refractivity contribution in [2.75, 3.05) is 20.6 Å². The van der Waals surface area contributed by atoms with Crippen LogP contribution in [-0.2, 0) is 6.42 Å². The molecule has 0 spiro atoms. The van der Waals surface area contributed by atoms with Gasteiger partial charge >= 0.3 is 4.84 Å². The molecule has 0 aliphatic carbocycles. The maximum absolute atomic E-state index is 4.76. The highest BCUT2D eigenvalue weighted by Gasteiger charge is 1.97. The van der Waals surface area contributed by atoms with Gasteiger partial charge in [0.15, 0.2) is 0 Å². The lowest BCUT2D eigenvalue weighted by Gasteiger charge is -2.05. The molecule has 11 heavy (non-hydrogen) atoms. The molecule has 0 bridgehead atoms. The van der Waals surface area contributed by atoms with Gasteiger partial charge < -0.3 is 9.42 Å². The molecule has 5 heteroatoms. The molecule has 4 nitrogen and oxygen atoms in total. The number of aromatic nitrogens is 2. The van der Waals surface area contributed by atoms with Crippen LogP contribution in [0, 0.1) is 4.84 Å². The van der Waals surface area contributed by atoms with Crippen molar-refractivity contribution in [3.05, 3.63) is 10.7 Å². The largest absolute Gasteiger partial charge is 0.348 e. The van der Waals surface area contributed by atoms with Crippen molar-refractivity contribution in [2.45, 2.75) is 6.42 Å². The molecule has 0 atom stereocenters. The Balaban J connectivity index is 2.45. The summed E-state index contributed by atoms with van der Waals surface area (Å²) in [4.78, 5) is 6.30. The molecule has 0 saturated heterocycles. The highest BCUT2D eigenvalue weighted by molar-refractivity contribution is 7.71. The Morgan fingerprint density at radius 2 is 2.36 bits per heavy atom. The van der Waals surface area contributed by atoms with Crippen LogP contribution in [0.1, 0.15) is 5.82 Å². The minimum absolute atomic E-state index is 0.277. The van der Waals surface area contributed by atoms with Gasteiger partial charge in [0.05, 0.1) is 0 Å². The molecule has 0 aliphatic rings. The van der Waals surface area contributed by atoms with E-state index in [2.05, 4.69) is 15.0 Å². The maximum Gasteiger partial charge on any atom is 0.314 e. The van der Waals surface area contributed by atoms with E-state index in [1.165, 1.54) is 0 Å². The van der Waals surface area contributed by atoms with E-state index < -0.39 is 0 Å². The summed E-state index contributed by atoms with van der Waals surface area (Å²) in [5.74, 6) is 0.809. The molecule has 0 unspecified atom stereocenters. The molecule has 0 aromatic carbocycles. The van der Waals surface area contributed by atoms with Crippen LogP contribution in [0.2, 0.25) is 0 Å². The fraction of sp³-hybridized carbons (Fsp3) is 0.667. The first kappa shape index (κ1) is 8.42. The van der Waals surface area contributed by atoms with E-state index in [4.69, 9.17) is 16.7 Å². The van der Waals surface area contributed by atoms with E-state index >= 15 is 0 Å². The number of hydrogen-bond donors (Lipinski definition) is 1. The molecule has 1 rings (SSSR count). The van der Waals surface area contributed by atoms with Crippen LogP contribution < -0.4 is 0 Å². The van der Waals surface area contributed by atoms with Gasteiger partial charge in [0.25, 0.3) is 0 Å². The average molecular weight is 173 g/mol. The Kier molecular flexibility index (Phi) is 2.78. The van der Waals surface area contributed by atoms with Crippen molar-refractivity contribution in [2.24, 2.45) is 0 Å². The summed E-state index contributed by atoms with van der Waals surface area (Å²) in [5, 5.41) is 2.64. The van der Waals surface area contributed by atoms with Gasteiger partial charge in [0.2, 0.25) is 0 Å². The van der Waals surface area contributed by atoms with E-state index in [-0.39, 0.29) is 4.84 Å². The van der Waals surface area contributed by atoms with E-state index in [9.17, 15) is 0 Å². The fourth-order valence-corrected chi connectivity index (χ4v) is 0.847. The highest BCUT2D eigenvalue weighted by atomic mass is 32.1. The van der Waals surface area contributed by atoms with E-state index in [0.717, 1.165) is 18.8 Å². The third-order valence-corrected chi connectivity index (χ3v) is 1.45.